The Kier molecular flexibility index (Phi) is 9.90. The molecule has 1 aliphatic rings. The molecule has 0 spiro atoms. The molecular weight excluding hydrogens is 556 g/mol. The van der Waals surface area contributed by atoms with E-state index in [0.29, 0.717) is 18.0 Å². The van der Waals surface area contributed by atoms with E-state index in [4.69, 9.17) is 11.6 Å². The summed E-state index contributed by atoms with van der Waals surface area (Å²) in [7, 11) is 0. The van der Waals surface area contributed by atoms with Gasteiger partial charge in [0.15, 0.2) is 0 Å². The van der Waals surface area contributed by atoms with Gasteiger partial charge in [0.25, 0.3) is 0 Å². The van der Waals surface area contributed by atoms with Crippen molar-refractivity contribution in [1.29, 1.82) is 0 Å². The van der Waals surface area contributed by atoms with Crippen LogP contribution in [0.1, 0.15) is 36.8 Å². The molecule has 0 saturated heterocycles. The summed E-state index contributed by atoms with van der Waals surface area (Å²) in [5, 5.41) is 3.91. The number of nitrogens with one attached hydrogen (secondary N) is 1. The van der Waals surface area contributed by atoms with Crippen molar-refractivity contribution in [3.63, 3.8) is 0 Å². The molecule has 0 unspecified atom stereocenters. The van der Waals surface area contributed by atoms with Crippen molar-refractivity contribution in [3.05, 3.63) is 99.5 Å². The number of thioether (sulfide) groups is 1. The average molecular weight is 586 g/mol. The molecule has 0 heterocycles. The molecule has 2 amide bonds. The summed E-state index contributed by atoms with van der Waals surface area (Å²) in [4.78, 5) is 30.1. The van der Waals surface area contributed by atoms with Crippen LogP contribution in [0.2, 0.25) is 5.02 Å². The molecule has 36 heavy (non-hydrogen) atoms. The number of rotatable bonds is 10. The molecule has 1 saturated carbocycles. The molecule has 1 N–H and O–H groups in total. The Morgan fingerprint density at radius 2 is 1.61 bits per heavy atom. The van der Waals surface area contributed by atoms with E-state index in [1.165, 1.54) is 11.8 Å². The predicted octanol–water partition coefficient (Wildman–Crippen LogP) is 6.89. The maximum absolute atomic E-state index is 13.7. The molecule has 0 aromatic heterocycles. The molecule has 188 valence electrons. The van der Waals surface area contributed by atoms with E-state index in [-0.39, 0.29) is 23.6 Å². The van der Waals surface area contributed by atoms with Gasteiger partial charge >= 0.3 is 0 Å². The lowest BCUT2D eigenvalue weighted by Gasteiger charge is -2.32. The zero-order valence-corrected chi connectivity index (χ0v) is 23.2. The number of halogens is 2. The minimum Gasteiger partial charge on any atom is -0.352 e. The van der Waals surface area contributed by atoms with Crippen LogP contribution in [-0.4, -0.2) is 34.6 Å². The minimum atomic E-state index is -0.602. The molecule has 0 bridgehead atoms. The maximum atomic E-state index is 13.7. The molecule has 4 rings (SSSR count). The summed E-state index contributed by atoms with van der Waals surface area (Å²) in [5.74, 6) is 0.0910. The molecular formula is C29H30BrClN2O2S. The third-order valence-electron chi connectivity index (χ3n) is 6.41. The van der Waals surface area contributed by atoms with E-state index < -0.39 is 6.04 Å². The van der Waals surface area contributed by atoms with Gasteiger partial charge in [-0.3, -0.25) is 9.59 Å². The Morgan fingerprint density at radius 3 is 2.28 bits per heavy atom. The number of hydrogen-bond acceptors (Lipinski definition) is 3. The van der Waals surface area contributed by atoms with E-state index in [2.05, 4.69) is 21.2 Å². The van der Waals surface area contributed by atoms with E-state index in [9.17, 15) is 9.59 Å². The summed E-state index contributed by atoms with van der Waals surface area (Å²) in [6, 6.07) is 24.9. The lowest BCUT2D eigenvalue weighted by molar-refractivity contribution is -0.139. The zero-order chi connectivity index (χ0) is 25.3. The highest BCUT2D eigenvalue weighted by atomic mass is 79.9. The summed E-state index contributed by atoms with van der Waals surface area (Å²) < 4.78 is 0.974. The van der Waals surface area contributed by atoms with Gasteiger partial charge in [0.05, 0.1) is 5.75 Å². The predicted molar refractivity (Wildman–Crippen MR) is 151 cm³/mol. The van der Waals surface area contributed by atoms with Crippen LogP contribution >= 0.6 is 39.3 Å². The molecule has 0 radical (unpaired) electrons. The lowest BCUT2D eigenvalue weighted by atomic mass is 10.0. The second-order valence-electron chi connectivity index (χ2n) is 9.09. The summed E-state index contributed by atoms with van der Waals surface area (Å²) in [5.41, 5.74) is 2.01. The topological polar surface area (TPSA) is 49.4 Å². The SMILES string of the molecule is O=C(NC1CCCC1)[C@H](Cc1ccccc1)N(Cc1ccc(Br)cc1)C(=O)CSc1ccc(Cl)cc1. The smallest absolute Gasteiger partial charge is 0.243 e. The van der Waals surface area contributed by atoms with Gasteiger partial charge in [-0.1, -0.05) is 82.8 Å². The standard InChI is InChI=1S/C29H30BrClN2O2S/c30-23-12-10-22(11-13-23)19-33(28(34)20-36-26-16-14-24(31)15-17-26)27(18-21-6-2-1-3-7-21)29(35)32-25-8-4-5-9-25/h1-3,6-7,10-17,25,27H,4-5,8-9,18-20H2,(H,32,35)/t27-/m0/s1. The monoisotopic (exact) mass is 584 g/mol. The second kappa shape index (κ2) is 13.3. The van der Waals surface area contributed by atoms with Crippen LogP contribution in [0.5, 0.6) is 0 Å². The fraction of sp³-hybridized carbons (Fsp3) is 0.310. The van der Waals surface area contributed by atoms with E-state index in [1.54, 1.807) is 4.90 Å². The van der Waals surface area contributed by atoms with Crippen molar-refractivity contribution in [2.75, 3.05) is 5.75 Å². The third-order valence-corrected chi connectivity index (χ3v) is 8.19. The van der Waals surface area contributed by atoms with Crippen LogP contribution in [0.15, 0.2) is 88.2 Å². The maximum Gasteiger partial charge on any atom is 0.243 e. The van der Waals surface area contributed by atoms with E-state index in [1.807, 2.05) is 78.9 Å². The fourth-order valence-electron chi connectivity index (χ4n) is 4.47. The van der Waals surface area contributed by atoms with Gasteiger partial charge in [-0.15, -0.1) is 11.8 Å². The molecule has 3 aromatic carbocycles. The Morgan fingerprint density at radius 1 is 0.944 bits per heavy atom. The first-order valence-electron chi connectivity index (χ1n) is 12.2. The van der Waals surface area contributed by atoms with Gasteiger partial charge in [0, 0.05) is 33.4 Å². The lowest BCUT2D eigenvalue weighted by Crippen LogP contribution is -2.52. The normalized spacial score (nSPS) is 14.4. The number of carbonyl (C=O) groups is 2. The summed E-state index contributed by atoms with van der Waals surface area (Å²) >= 11 is 11.0. The fourth-order valence-corrected chi connectivity index (χ4v) is 5.64. The van der Waals surface area contributed by atoms with Crippen LogP contribution in [-0.2, 0) is 22.6 Å². The van der Waals surface area contributed by atoms with Crippen molar-refractivity contribution in [1.82, 2.24) is 10.2 Å². The molecule has 4 nitrogen and oxygen atoms in total. The van der Waals surface area contributed by atoms with Crippen molar-refractivity contribution in [2.24, 2.45) is 0 Å². The van der Waals surface area contributed by atoms with Gasteiger partial charge < -0.3 is 10.2 Å². The van der Waals surface area contributed by atoms with Crippen molar-refractivity contribution in [3.8, 4) is 0 Å². The average Bonchev–Trinajstić information content (AvgIpc) is 3.40. The van der Waals surface area contributed by atoms with Crippen LogP contribution in [0, 0.1) is 0 Å². The van der Waals surface area contributed by atoms with E-state index in [0.717, 1.165) is 46.2 Å². The first-order chi connectivity index (χ1) is 17.5. The van der Waals surface area contributed by atoms with Crippen molar-refractivity contribution in [2.45, 2.75) is 55.6 Å². The molecule has 1 aliphatic carbocycles. The highest BCUT2D eigenvalue weighted by Gasteiger charge is 2.32. The molecule has 7 heteroatoms. The molecule has 0 aliphatic heterocycles. The van der Waals surface area contributed by atoms with Crippen LogP contribution < -0.4 is 5.32 Å². The van der Waals surface area contributed by atoms with Gasteiger partial charge in [-0.25, -0.2) is 0 Å². The Hall–Kier alpha value is -2.28. The number of hydrogen-bond donors (Lipinski definition) is 1. The highest BCUT2D eigenvalue weighted by molar-refractivity contribution is 9.10. The summed E-state index contributed by atoms with van der Waals surface area (Å²) in [6.45, 7) is 0.364. The highest BCUT2D eigenvalue weighted by Crippen LogP contribution is 2.24. The Balaban J connectivity index is 1.59. The second-order valence-corrected chi connectivity index (χ2v) is 11.5. The molecule has 1 fully saturated rings. The van der Waals surface area contributed by atoms with Crippen LogP contribution in [0.25, 0.3) is 0 Å². The van der Waals surface area contributed by atoms with Crippen molar-refractivity contribution < 1.29 is 9.59 Å². The van der Waals surface area contributed by atoms with E-state index >= 15 is 0 Å². The largest absolute Gasteiger partial charge is 0.352 e. The molecule has 1 atom stereocenters. The Labute approximate surface area is 230 Å². The van der Waals surface area contributed by atoms with Crippen LogP contribution in [0.4, 0.5) is 0 Å². The van der Waals surface area contributed by atoms with Gasteiger partial charge in [0.2, 0.25) is 11.8 Å². The number of amides is 2. The Bertz CT molecular complexity index is 1140. The van der Waals surface area contributed by atoms with Crippen LogP contribution in [0.3, 0.4) is 0 Å². The van der Waals surface area contributed by atoms with Gasteiger partial charge in [0.1, 0.15) is 6.04 Å². The quantitative estimate of drug-likeness (QED) is 0.264. The number of nitrogens with zero attached hydrogens (tertiary/aromatic N) is 1. The number of benzene rings is 3. The summed E-state index contributed by atoms with van der Waals surface area (Å²) in [6.07, 6.45) is 4.72. The zero-order valence-electron chi connectivity index (χ0n) is 20.0. The minimum absolute atomic E-state index is 0.0691. The van der Waals surface area contributed by atoms with Crippen molar-refractivity contribution >= 4 is 51.1 Å². The number of carbonyl (C=O) groups excluding carboxylic acids is 2. The first kappa shape index (κ1) is 26.8. The first-order valence-corrected chi connectivity index (χ1v) is 14.4. The third kappa shape index (κ3) is 7.86. The molecule has 3 aromatic rings. The van der Waals surface area contributed by atoms with Gasteiger partial charge in [-0.05, 0) is 60.4 Å². The van der Waals surface area contributed by atoms with Gasteiger partial charge in [-0.2, -0.15) is 0 Å².